The minimum Gasteiger partial charge on any atom is -0.447 e. The van der Waals surface area contributed by atoms with Crippen LogP contribution in [0.4, 0.5) is 10.6 Å². The van der Waals surface area contributed by atoms with Crippen LogP contribution in [0.25, 0.3) is 10.9 Å². The number of para-hydroxylation sites is 1. The number of hydrogen-bond donors (Lipinski definition) is 1. The summed E-state index contributed by atoms with van der Waals surface area (Å²) in [6, 6.07) is 8.18. The van der Waals surface area contributed by atoms with E-state index in [9.17, 15) is 4.79 Å². The number of cyclic esters (lactones) is 1. The van der Waals surface area contributed by atoms with E-state index in [1.54, 1.807) is 6.20 Å². The Bertz CT molecular complexity index is 1020. The molecular weight excluding hydrogens is 354 g/mol. The van der Waals surface area contributed by atoms with Gasteiger partial charge >= 0.3 is 6.09 Å². The third kappa shape index (κ3) is 2.78. The molecule has 28 heavy (non-hydrogen) atoms. The van der Waals surface area contributed by atoms with Gasteiger partial charge in [-0.2, -0.15) is 0 Å². The highest BCUT2D eigenvalue weighted by molar-refractivity contribution is 5.83. The van der Waals surface area contributed by atoms with Crippen molar-refractivity contribution in [2.45, 2.75) is 31.8 Å². The summed E-state index contributed by atoms with van der Waals surface area (Å²) in [5.41, 5.74) is 2.88. The summed E-state index contributed by atoms with van der Waals surface area (Å²) in [7, 11) is 0. The molecule has 1 spiro atoms. The zero-order valence-electron chi connectivity index (χ0n) is 15.9. The molecule has 3 aromatic rings. The van der Waals surface area contributed by atoms with Crippen molar-refractivity contribution in [1.82, 2.24) is 19.9 Å². The van der Waals surface area contributed by atoms with E-state index in [1.165, 1.54) is 0 Å². The van der Waals surface area contributed by atoms with Crippen LogP contribution >= 0.6 is 0 Å². The van der Waals surface area contributed by atoms with Gasteiger partial charge in [-0.1, -0.05) is 18.2 Å². The highest BCUT2D eigenvalue weighted by Crippen LogP contribution is 2.37. The molecule has 0 atom stereocenters. The Morgan fingerprint density at radius 1 is 1.21 bits per heavy atom. The molecule has 2 aliphatic rings. The number of H-pyrrole nitrogens is 1. The lowest BCUT2D eigenvalue weighted by atomic mass is 9.87. The van der Waals surface area contributed by atoms with Crippen molar-refractivity contribution in [2.75, 3.05) is 24.6 Å². The highest BCUT2D eigenvalue weighted by atomic mass is 16.6. The molecule has 2 aliphatic heterocycles. The number of aromatic nitrogens is 3. The van der Waals surface area contributed by atoms with Gasteiger partial charge in [0.15, 0.2) is 0 Å². The summed E-state index contributed by atoms with van der Waals surface area (Å²) in [6.07, 6.45) is 7.08. The molecule has 7 nitrogen and oxygen atoms in total. The molecule has 7 heteroatoms. The lowest BCUT2D eigenvalue weighted by Gasteiger charge is -2.42. The third-order valence-corrected chi connectivity index (χ3v) is 6.02. The number of hydrogen-bond acceptors (Lipinski definition) is 5. The van der Waals surface area contributed by atoms with Crippen molar-refractivity contribution in [3.8, 4) is 0 Å². The molecule has 0 aliphatic carbocycles. The Balaban J connectivity index is 1.36. The van der Waals surface area contributed by atoms with E-state index in [4.69, 9.17) is 4.74 Å². The van der Waals surface area contributed by atoms with Crippen LogP contribution in [0.15, 0.2) is 42.9 Å². The lowest BCUT2D eigenvalue weighted by molar-refractivity contribution is 0.126. The molecule has 0 saturated carbocycles. The molecule has 0 bridgehead atoms. The number of piperidine rings is 1. The maximum absolute atomic E-state index is 12.6. The minimum absolute atomic E-state index is 0.214. The number of benzene rings is 1. The number of nitrogens with zero attached hydrogens (tertiary/aromatic N) is 4. The lowest BCUT2D eigenvalue weighted by Crippen LogP contribution is -2.54. The second kappa shape index (κ2) is 6.51. The number of ether oxygens (including phenoxy) is 1. The summed E-state index contributed by atoms with van der Waals surface area (Å²) in [5, 5.41) is 1.16. The first kappa shape index (κ1) is 17.0. The number of nitrogens with one attached hydrogen (secondary N) is 1. The Morgan fingerprint density at radius 2 is 2.04 bits per heavy atom. The monoisotopic (exact) mass is 377 g/mol. The van der Waals surface area contributed by atoms with Gasteiger partial charge in [-0.3, -0.25) is 9.88 Å². The normalized spacial score (nSPS) is 18.8. The van der Waals surface area contributed by atoms with Crippen molar-refractivity contribution < 1.29 is 9.53 Å². The fraction of sp³-hybridized carbons (Fsp3) is 0.381. The van der Waals surface area contributed by atoms with Gasteiger partial charge in [0, 0.05) is 36.4 Å². The van der Waals surface area contributed by atoms with Crippen LogP contribution in [0.5, 0.6) is 0 Å². The van der Waals surface area contributed by atoms with Crippen LogP contribution < -0.4 is 4.90 Å². The summed E-state index contributed by atoms with van der Waals surface area (Å²) in [5.74, 6) is 0.906. The van der Waals surface area contributed by atoms with Gasteiger partial charge < -0.3 is 14.6 Å². The highest BCUT2D eigenvalue weighted by Gasteiger charge is 2.49. The van der Waals surface area contributed by atoms with Gasteiger partial charge in [0.2, 0.25) is 0 Å². The Labute approximate surface area is 163 Å². The van der Waals surface area contributed by atoms with Gasteiger partial charge in [0.05, 0.1) is 24.0 Å². The van der Waals surface area contributed by atoms with E-state index in [1.807, 2.05) is 36.4 Å². The third-order valence-electron chi connectivity index (χ3n) is 6.02. The maximum Gasteiger partial charge on any atom is 0.410 e. The zero-order chi connectivity index (χ0) is 19.1. The van der Waals surface area contributed by atoms with E-state index in [-0.39, 0.29) is 11.6 Å². The fourth-order valence-electron chi connectivity index (χ4n) is 4.38. The van der Waals surface area contributed by atoms with Crippen LogP contribution in [0.3, 0.4) is 0 Å². The molecule has 4 heterocycles. The van der Waals surface area contributed by atoms with E-state index in [0.717, 1.165) is 53.9 Å². The summed E-state index contributed by atoms with van der Waals surface area (Å²) in [6.45, 7) is 4.64. The second-order valence-corrected chi connectivity index (χ2v) is 7.73. The maximum atomic E-state index is 12.6. The molecule has 1 aromatic carbocycles. The van der Waals surface area contributed by atoms with E-state index < -0.39 is 0 Å². The molecule has 2 aromatic heterocycles. The molecule has 1 amide bonds. The van der Waals surface area contributed by atoms with Gasteiger partial charge in [-0.15, -0.1) is 0 Å². The van der Waals surface area contributed by atoms with Crippen LogP contribution in [0.1, 0.15) is 24.1 Å². The molecular formula is C21H23N5O2. The molecule has 2 fully saturated rings. The predicted molar refractivity (Wildman–Crippen MR) is 106 cm³/mol. The first-order valence-corrected chi connectivity index (χ1v) is 9.68. The van der Waals surface area contributed by atoms with Crippen molar-refractivity contribution in [2.24, 2.45) is 0 Å². The van der Waals surface area contributed by atoms with Crippen molar-refractivity contribution >= 4 is 22.8 Å². The Hall–Kier alpha value is -3.09. The summed E-state index contributed by atoms with van der Waals surface area (Å²) >= 11 is 0. The number of carbonyl (C=O) groups excluding carboxylic acids is 1. The molecule has 5 rings (SSSR count). The number of anilines is 1. The summed E-state index contributed by atoms with van der Waals surface area (Å²) < 4.78 is 5.51. The number of aromatic amines is 1. The quantitative estimate of drug-likeness (QED) is 0.758. The SMILES string of the molecule is Cc1cncc(N2CCC3(CC2)COC(=O)N3Cc2c[nH]c3ccccc23)n1. The van der Waals surface area contributed by atoms with Crippen LogP contribution in [0.2, 0.25) is 0 Å². The first-order chi connectivity index (χ1) is 13.6. The number of rotatable bonds is 3. The van der Waals surface area contributed by atoms with Crippen molar-refractivity contribution in [3.05, 3.63) is 54.1 Å². The number of aryl methyl sites for hydroxylation is 1. The van der Waals surface area contributed by atoms with Crippen molar-refractivity contribution in [3.63, 3.8) is 0 Å². The summed E-state index contributed by atoms with van der Waals surface area (Å²) in [4.78, 5) is 28.9. The predicted octanol–water partition coefficient (Wildman–Crippen LogP) is 3.26. The zero-order valence-corrected chi connectivity index (χ0v) is 15.9. The van der Waals surface area contributed by atoms with E-state index >= 15 is 0 Å². The molecule has 0 radical (unpaired) electrons. The molecule has 144 valence electrons. The average molecular weight is 377 g/mol. The minimum atomic E-state index is -0.247. The Morgan fingerprint density at radius 3 is 2.86 bits per heavy atom. The molecule has 2 saturated heterocycles. The van der Waals surface area contributed by atoms with Crippen LogP contribution in [-0.2, 0) is 11.3 Å². The molecule has 1 N–H and O–H groups in total. The fourth-order valence-corrected chi connectivity index (χ4v) is 4.38. The smallest absolute Gasteiger partial charge is 0.410 e. The van der Waals surface area contributed by atoms with E-state index in [2.05, 4.69) is 32.0 Å². The molecule has 0 unspecified atom stereocenters. The average Bonchev–Trinajstić information content (AvgIpc) is 3.26. The van der Waals surface area contributed by atoms with Gasteiger partial charge in [-0.05, 0) is 31.4 Å². The van der Waals surface area contributed by atoms with Gasteiger partial charge in [0.25, 0.3) is 0 Å². The van der Waals surface area contributed by atoms with Crippen LogP contribution in [0, 0.1) is 6.92 Å². The number of carbonyl (C=O) groups is 1. The first-order valence-electron chi connectivity index (χ1n) is 9.68. The standard InChI is InChI=1S/C21H23N5O2/c1-15-10-22-12-19(24-15)25-8-6-21(7-9-25)14-28-20(27)26(21)13-16-11-23-18-5-3-2-4-17(16)18/h2-5,10-12,23H,6-9,13-14H2,1H3. The van der Waals surface area contributed by atoms with E-state index in [0.29, 0.717) is 13.2 Å². The largest absolute Gasteiger partial charge is 0.447 e. The van der Waals surface area contributed by atoms with Gasteiger partial charge in [0.1, 0.15) is 12.4 Å². The topological polar surface area (TPSA) is 74.4 Å². The Kier molecular flexibility index (Phi) is 3.96. The van der Waals surface area contributed by atoms with Gasteiger partial charge in [-0.25, -0.2) is 9.78 Å². The van der Waals surface area contributed by atoms with Crippen molar-refractivity contribution in [1.29, 1.82) is 0 Å². The number of amides is 1. The van der Waals surface area contributed by atoms with Crippen LogP contribution in [-0.4, -0.2) is 51.2 Å². The second-order valence-electron chi connectivity index (χ2n) is 7.73. The number of fused-ring (bicyclic) bond motifs is 1.